The van der Waals surface area contributed by atoms with Crippen molar-refractivity contribution in [3.63, 3.8) is 0 Å². The van der Waals surface area contributed by atoms with Crippen molar-refractivity contribution in [1.82, 2.24) is 4.98 Å². The van der Waals surface area contributed by atoms with E-state index in [0.717, 1.165) is 48.8 Å². The lowest BCUT2D eigenvalue weighted by molar-refractivity contribution is -0.686. The molecule has 194 valence electrons. The van der Waals surface area contributed by atoms with Crippen LogP contribution < -0.4 is 9.13 Å². The van der Waals surface area contributed by atoms with Gasteiger partial charge in [-0.1, -0.05) is 46.3 Å². The quantitative estimate of drug-likeness (QED) is 0.199. The molecule has 4 heteroatoms. The number of hydrogen-bond acceptors (Lipinski definition) is 0. The Hall–Kier alpha value is -4.02. The maximum absolute atomic E-state index is 3.66. The van der Waals surface area contributed by atoms with Crippen molar-refractivity contribution in [1.29, 1.82) is 0 Å². The number of aromatic nitrogens is 3. The van der Waals surface area contributed by atoms with Crippen molar-refractivity contribution in [2.75, 3.05) is 0 Å². The van der Waals surface area contributed by atoms with Crippen molar-refractivity contribution in [3.8, 4) is 22.5 Å². The standard InChI is InChI=1S/C36H29BrN3/c37-29-16-17-31-30(22-29)28(23-38-31)15-14-27-21-26-7-1-2-10-32(26)40-20-6-9-25-13-12-24-8-5-19-39-18-4-3-11-33(39)34(24)35(25)36(27)40/h1-4,7,10-18,21-23H,5-6,8-9,19-20H2/q+1/p+1. The van der Waals surface area contributed by atoms with Gasteiger partial charge in [0.25, 0.3) is 0 Å². The first-order valence-electron chi connectivity index (χ1n) is 14.3. The molecule has 0 saturated carbocycles. The van der Waals surface area contributed by atoms with Crippen LogP contribution in [0.5, 0.6) is 0 Å². The second kappa shape index (κ2) is 9.57. The van der Waals surface area contributed by atoms with E-state index < -0.39 is 0 Å². The highest BCUT2D eigenvalue weighted by Crippen LogP contribution is 2.41. The lowest BCUT2D eigenvalue weighted by atomic mass is 9.87. The van der Waals surface area contributed by atoms with Gasteiger partial charge in [-0.05, 0) is 72.0 Å². The molecule has 0 aliphatic carbocycles. The third kappa shape index (κ3) is 3.85. The van der Waals surface area contributed by atoms with Gasteiger partial charge in [-0.25, -0.2) is 0 Å². The maximum Gasteiger partial charge on any atom is 0.221 e. The molecule has 2 aliphatic rings. The molecule has 0 bridgehead atoms. The van der Waals surface area contributed by atoms with E-state index in [1.165, 1.54) is 61.1 Å². The highest BCUT2D eigenvalue weighted by molar-refractivity contribution is 9.10. The van der Waals surface area contributed by atoms with Gasteiger partial charge in [0.15, 0.2) is 6.20 Å². The van der Waals surface area contributed by atoms with E-state index in [0.29, 0.717) is 0 Å². The zero-order chi connectivity index (χ0) is 26.6. The van der Waals surface area contributed by atoms with E-state index in [-0.39, 0.29) is 0 Å². The smallest absolute Gasteiger partial charge is 0.221 e. The van der Waals surface area contributed by atoms with Crippen molar-refractivity contribution in [2.24, 2.45) is 0 Å². The average Bonchev–Trinajstić information content (AvgIpc) is 3.14. The van der Waals surface area contributed by atoms with Crippen molar-refractivity contribution in [2.45, 2.75) is 38.8 Å². The first-order valence-corrected chi connectivity index (χ1v) is 15.1. The topological polar surface area (TPSA) is 23.5 Å². The molecule has 3 aromatic heterocycles. The van der Waals surface area contributed by atoms with Gasteiger partial charge in [-0.2, -0.15) is 9.13 Å². The molecule has 0 amide bonds. The van der Waals surface area contributed by atoms with Crippen LogP contribution in [0.15, 0.2) is 95.7 Å². The maximum atomic E-state index is 3.66. The fraction of sp³-hybridized carbons (Fsp3) is 0.167. The number of para-hydroxylation sites is 1. The summed E-state index contributed by atoms with van der Waals surface area (Å²) in [4.78, 5) is 3.45. The third-order valence-corrected chi connectivity index (χ3v) is 9.18. The number of H-pyrrole nitrogens is 1. The van der Waals surface area contributed by atoms with E-state index >= 15 is 0 Å². The Bertz CT molecular complexity index is 1980. The van der Waals surface area contributed by atoms with Gasteiger partial charge < -0.3 is 4.98 Å². The number of nitrogens with one attached hydrogen (secondary N) is 1. The van der Waals surface area contributed by atoms with Gasteiger partial charge in [0, 0.05) is 63.6 Å². The van der Waals surface area contributed by atoms with Crippen LogP contribution in [0.3, 0.4) is 0 Å². The molecular formula is C36H30BrN3+2. The number of halogens is 1. The summed E-state index contributed by atoms with van der Waals surface area (Å²) in [5, 5.41) is 2.51. The van der Waals surface area contributed by atoms with Gasteiger partial charge in [0.1, 0.15) is 13.1 Å². The summed E-state index contributed by atoms with van der Waals surface area (Å²) >= 11 is 3.66. The molecule has 0 atom stereocenters. The Kier molecular flexibility index (Phi) is 5.70. The minimum absolute atomic E-state index is 1.01. The molecule has 6 aromatic rings. The molecule has 2 aliphatic heterocycles. The molecular weight excluding hydrogens is 554 g/mol. The summed E-state index contributed by atoms with van der Waals surface area (Å²) < 4.78 is 6.16. The number of rotatable bonds is 2. The summed E-state index contributed by atoms with van der Waals surface area (Å²) in [6.07, 6.45) is 13.5. The number of fused-ring (bicyclic) bond motifs is 10. The molecule has 0 spiro atoms. The fourth-order valence-corrected chi connectivity index (χ4v) is 7.23. The summed E-state index contributed by atoms with van der Waals surface area (Å²) in [7, 11) is 0. The monoisotopic (exact) mass is 583 g/mol. The number of benzene rings is 3. The van der Waals surface area contributed by atoms with Crippen LogP contribution in [-0.2, 0) is 25.9 Å². The summed E-state index contributed by atoms with van der Waals surface area (Å²) in [6, 6.07) is 29.2. The van der Waals surface area contributed by atoms with Crippen LogP contribution in [0.2, 0.25) is 0 Å². The number of aryl methyl sites for hydroxylation is 4. The van der Waals surface area contributed by atoms with Crippen LogP contribution in [0, 0.1) is 0 Å². The second-order valence-corrected chi connectivity index (χ2v) is 12.0. The van der Waals surface area contributed by atoms with E-state index in [4.69, 9.17) is 0 Å². The summed E-state index contributed by atoms with van der Waals surface area (Å²) in [6.45, 7) is 2.07. The Balaban J connectivity index is 1.44. The average molecular weight is 585 g/mol. The van der Waals surface area contributed by atoms with Crippen molar-refractivity contribution in [3.05, 3.63) is 118 Å². The molecule has 5 heterocycles. The molecule has 1 N–H and O–H groups in total. The van der Waals surface area contributed by atoms with Crippen LogP contribution in [-0.4, -0.2) is 4.98 Å². The Morgan fingerprint density at radius 1 is 0.750 bits per heavy atom. The molecule has 0 unspecified atom stereocenters. The minimum atomic E-state index is 1.01. The number of hydrogen-bond donors (Lipinski definition) is 1. The van der Waals surface area contributed by atoms with E-state index in [2.05, 4.69) is 133 Å². The highest BCUT2D eigenvalue weighted by Gasteiger charge is 2.33. The molecule has 40 heavy (non-hydrogen) atoms. The van der Waals surface area contributed by atoms with Gasteiger partial charge in [-0.15, -0.1) is 0 Å². The van der Waals surface area contributed by atoms with Gasteiger partial charge in [-0.3, -0.25) is 0 Å². The normalized spacial score (nSPS) is 14.4. The van der Waals surface area contributed by atoms with Crippen LogP contribution in [0.25, 0.3) is 56.5 Å². The third-order valence-electron chi connectivity index (χ3n) is 8.68. The first-order chi connectivity index (χ1) is 19.7. The zero-order valence-electron chi connectivity index (χ0n) is 22.3. The fourth-order valence-electron chi connectivity index (χ4n) is 6.87. The van der Waals surface area contributed by atoms with Gasteiger partial charge >= 0.3 is 0 Å². The molecule has 0 saturated heterocycles. The lowest BCUT2D eigenvalue weighted by Crippen LogP contribution is -2.38. The van der Waals surface area contributed by atoms with Crippen molar-refractivity contribution >= 4 is 49.9 Å². The molecule has 0 radical (unpaired) electrons. The number of aromatic amines is 1. The first kappa shape index (κ1) is 23.8. The second-order valence-electron chi connectivity index (χ2n) is 11.0. The van der Waals surface area contributed by atoms with Gasteiger partial charge in [0.05, 0.1) is 11.1 Å². The minimum Gasteiger partial charge on any atom is -0.361 e. The molecule has 3 nitrogen and oxygen atoms in total. The Morgan fingerprint density at radius 3 is 2.48 bits per heavy atom. The van der Waals surface area contributed by atoms with Crippen molar-refractivity contribution < 1.29 is 9.13 Å². The predicted octanol–water partition coefficient (Wildman–Crippen LogP) is 8.06. The molecule has 8 rings (SSSR count). The molecule has 3 aromatic carbocycles. The summed E-state index contributed by atoms with van der Waals surface area (Å²) in [5.74, 6) is 0. The highest BCUT2D eigenvalue weighted by atomic mass is 79.9. The van der Waals surface area contributed by atoms with E-state index in [1.807, 2.05) is 0 Å². The van der Waals surface area contributed by atoms with Crippen LogP contribution >= 0.6 is 15.9 Å². The Morgan fingerprint density at radius 2 is 1.55 bits per heavy atom. The van der Waals surface area contributed by atoms with Crippen LogP contribution in [0.4, 0.5) is 0 Å². The van der Waals surface area contributed by atoms with Crippen LogP contribution in [0.1, 0.15) is 35.1 Å². The predicted molar refractivity (Wildman–Crippen MR) is 167 cm³/mol. The Labute approximate surface area is 242 Å². The zero-order valence-corrected chi connectivity index (χ0v) is 23.9. The summed E-state index contributed by atoms with van der Waals surface area (Å²) in [5.41, 5.74) is 13.4. The van der Waals surface area contributed by atoms with E-state index in [9.17, 15) is 0 Å². The number of nitrogens with zero attached hydrogens (tertiary/aromatic N) is 2. The van der Waals surface area contributed by atoms with E-state index in [1.54, 1.807) is 0 Å². The number of pyridine rings is 2. The SMILES string of the molecule is Brc1ccc2[nH]cc(/C=C/c3cc4ccccc4[n+]4c3-c3c(ccc5c3-c3cccc[n+]3CCC5)CCC4)c2c1. The molecule has 0 fully saturated rings. The largest absolute Gasteiger partial charge is 0.361 e. The lowest BCUT2D eigenvalue weighted by Gasteiger charge is -2.15. The van der Waals surface area contributed by atoms with Gasteiger partial charge in [0.2, 0.25) is 16.9 Å².